The molecule has 2 aromatic carbocycles. The Kier molecular flexibility index (Phi) is 5.64. The highest BCUT2D eigenvalue weighted by molar-refractivity contribution is 5.85. The summed E-state index contributed by atoms with van der Waals surface area (Å²) < 4.78 is 0. The molecule has 1 nitrogen and oxygen atoms in total. The van der Waals surface area contributed by atoms with Crippen molar-refractivity contribution < 1.29 is 0 Å². The van der Waals surface area contributed by atoms with Crippen molar-refractivity contribution in [3.05, 3.63) is 60.7 Å². The van der Waals surface area contributed by atoms with Crippen molar-refractivity contribution in [1.29, 1.82) is 0 Å². The third-order valence-electron chi connectivity index (χ3n) is 3.46. The molecule has 0 radical (unpaired) electrons. The average molecular weight is 253 g/mol. The topological polar surface area (TPSA) is 12.0 Å². The smallest absolute Gasteiger partial charge is 0.0211 e. The first-order valence-corrected chi connectivity index (χ1v) is 7.20. The second kappa shape index (κ2) is 7.75. The Labute approximate surface area is 116 Å². The maximum absolute atomic E-state index is 3.75. The van der Waals surface area contributed by atoms with Gasteiger partial charge in [-0.25, -0.2) is 0 Å². The average Bonchev–Trinajstić information content (AvgIpc) is 2.46. The van der Waals surface area contributed by atoms with Crippen LogP contribution in [0.2, 0.25) is 0 Å². The largest absolute Gasteiger partial charge is 0.313 e. The van der Waals surface area contributed by atoms with E-state index in [2.05, 4.69) is 54.4 Å². The Morgan fingerprint density at radius 2 is 1.79 bits per heavy atom. The molecule has 0 fully saturated rings. The van der Waals surface area contributed by atoms with Gasteiger partial charge in [0.05, 0.1) is 0 Å². The number of hydrogen-bond donors (Lipinski definition) is 1. The van der Waals surface area contributed by atoms with Gasteiger partial charge in [0.1, 0.15) is 0 Å². The molecule has 1 heteroatoms. The van der Waals surface area contributed by atoms with Crippen LogP contribution in [0.25, 0.3) is 10.8 Å². The van der Waals surface area contributed by atoms with E-state index in [-0.39, 0.29) is 0 Å². The minimum atomic E-state index is 0.961. The van der Waals surface area contributed by atoms with Gasteiger partial charge in [-0.05, 0) is 42.1 Å². The van der Waals surface area contributed by atoms with Gasteiger partial charge in [0, 0.05) is 6.54 Å². The number of nitrogens with one attached hydrogen (secondary N) is 1. The molecule has 0 aliphatic heterocycles. The number of fused-ring (bicyclic) bond motifs is 1. The summed E-state index contributed by atoms with van der Waals surface area (Å²) in [6.45, 7) is 5.81. The fraction of sp³-hybridized carbons (Fsp3) is 0.333. The first kappa shape index (κ1) is 13.8. The summed E-state index contributed by atoms with van der Waals surface area (Å²) in [6.07, 6.45) is 6.94. The highest BCUT2D eigenvalue weighted by atomic mass is 14.8. The summed E-state index contributed by atoms with van der Waals surface area (Å²) in [6, 6.07) is 15.1. The van der Waals surface area contributed by atoms with E-state index in [1.807, 2.05) is 6.08 Å². The summed E-state index contributed by atoms with van der Waals surface area (Å²) in [4.78, 5) is 0. The molecule has 0 atom stereocenters. The van der Waals surface area contributed by atoms with E-state index in [0.717, 1.165) is 19.5 Å². The second-order valence-corrected chi connectivity index (χ2v) is 4.95. The minimum Gasteiger partial charge on any atom is -0.313 e. The molecule has 1 N–H and O–H groups in total. The van der Waals surface area contributed by atoms with Crippen molar-refractivity contribution in [3.8, 4) is 0 Å². The van der Waals surface area contributed by atoms with Crippen molar-refractivity contribution >= 4 is 10.8 Å². The number of allylic oxidation sites excluding steroid dienone is 1. The normalized spacial score (nSPS) is 10.7. The van der Waals surface area contributed by atoms with E-state index in [1.165, 1.54) is 35.6 Å². The molecule has 0 saturated heterocycles. The third kappa shape index (κ3) is 4.22. The van der Waals surface area contributed by atoms with Crippen LogP contribution in [0, 0.1) is 0 Å². The maximum atomic E-state index is 3.75. The van der Waals surface area contributed by atoms with Crippen LogP contribution in [-0.4, -0.2) is 6.54 Å². The Morgan fingerprint density at radius 3 is 2.68 bits per heavy atom. The summed E-state index contributed by atoms with van der Waals surface area (Å²) in [5.41, 5.74) is 1.39. The van der Waals surface area contributed by atoms with Crippen LogP contribution in [0.4, 0.5) is 0 Å². The number of benzene rings is 2. The molecule has 0 saturated carbocycles. The molecule has 0 aliphatic rings. The number of unbranched alkanes of at least 4 members (excludes halogenated alkanes) is 3. The zero-order valence-corrected chi connectivity index (χ0v) is 11.6. The molecule has 19 heavy (non-hydrogen) atoms. The first-order valence-electron chi connectivity index (χ1n) is 7.20. The SMILES string of the molecule is C=CCCCCCNCc1cccc2ccccc12. The van der Waals surface area contributed by atoms with Crippen molar-refractivity contribution in [2.75, 3.05) is 6.54 Å². The molecule has 0 aliphatic carbocycles. The lowest BCUT2D eigenvalue weighted by Gasteiger charge is -2.08. The minimum absolute atomic E-state index is 0.961. The Bertz CT molecular complexity index is 511. The number of hydrogen-bond acceptors (Lipinski definition) is 1. The lowest BCUT2D eigenvalue weighted by atomic mass is 10.0. The van der Waals surface area contributed by atoms with Gasteiger partial charge in [0.2, 0.25) is 0 Å². The monoisotopic (exact) mass is 253 g/mol. The molecule has 0 aromatic heterocycles. The summed E-state index contributed by atoms with van der Waals surface area (Å²) in [5.74, 6) is 0. The van der Waals surface area contributed by atoms with Crippen molar-refractivity contribution in [1.82, 2.24) is 5.32 Å². The van der Waals surface area contributed by atoms with E-state index in [1.54, 1.807) is 0 Å². The van der Waals surface area contributed by atoms with E-state index < -0.39 is 0 Å². The molecule has 2 aromatic rings. The second-order valence-electron chi connectivity index (χ2n) is 4.95. The van der Waals surface area contributed by atoms with Crippen LogP contribution in [-0.2, 0) is 6.54 Å². The molecule has 0 amide bonds. The van der Waals surface area contributed by atoms with Crippen molar-refractivity contribution in [2.45, 2.75) is 32.2 Å². The predicted octanol–water partition coefficient (Wildman–Crippen LogP) is 4.68. The fourth-order valence-corrected chi connectivity index (χ4v) is 2.39. The lowest BCUT2D eigenvalue weighted by Crippen LogP contribution is -2.14. The predicted molar refractivity (Wildman–Crippen MR) is 84.3 cm³/mol. The van der Waals surface area contributed by atoms with E-state index >= 15 is 0 Å². The molecule has 0 bridgehead atoms. The summed E-state index contributed by atoms with van der Waals surface area (Å²) in [7, 11) is 0. The Morgan fingerprint density at radius 1 is 0.947 bits per heavy atom. The van der Waals surface area contributed by atoms with Crippen LogP contribution in [0.15, 0.2) is 55.1 Å². The van der Waals surface area contributed by atoms with Gasteiger partial charge in [-0.2, -0.15) is 0 Å². The van der Waals surface area contributed by atoms with Crippen LogP contribution in [0.5, 0.6) is 0 Å². The van der Waals surface area contributed by atoms with E-state index in [0.29, 0.717) is 0 Å². The Balaban J connectivity index is 1.80. The highest BCUT2D eigenvalue weighted by Gasteiger charge is 1.99. The summed E-state index contributed by atoms with van der Waals surface area (Å²) >= 11 is 0. The van der Waals surface area contributed by atoms with Crippen molar-refractivity contribution in [2.24, 2.45) is 0 Å². The fourth-order valence-electron chi connectivity index (χ4n) is 2.39. The van der Waals surface area contributed by atoms with Gasteiger partial charge in [0.25, 0.3) is 0 Å². The molecule has 0 unspecified atom stereocenters. The maximum Gasteiger partial charge on any atom is 0.0211 e. The van der Waals surface area contributed by atoms with Gasteiger partial charge >= 0.3 is 0 Å². The molecule has 2 rings (SSSR count). The number of rotatable bonds is 8. The zero-order chi connectivity index (χ0) is 13.3. The van der Waals surface area contributed by atoms with Gasteiger partial charge < -0.3 is 5.32 Å². The van der Waals surface area contributed by atoms with Gasteiger partial charge in [-0.15, -0.1) is 6.58 Å². The first-order chi connectivity index (χ1) is 9.42. The molecular formula is C18H23N. The van der Waals surface area contributed by atoms with Crippen LogP contribution in [0.3, 0.4) is 0 Å². The van der Waals surface area contributed by atoms with Gasteiger partial charge in [0.15, 0.2) is 0 Å². The quantitative estimate of drug-likeness (QED) is 0.532. The van der Waals surface area contributed by atoms with Gasteiger partial charge in [-0.3, -0.25) is 0 Å². The van der Waals surface area contributed by atoms with Crippen molar-refractivity contribution in [3.63, 3.8) is 0 Å². The molecular weight excluding hydrogens is 230 g/mol. The van der Waals surface area contributed by atoms with E-state index in [4.69, 9.17) is 0 Å². The zero-order valence-electron chi connectivity index (χ0n) is 11.6. The third-order valence-corrected chi connectivity index (χ3v) is 3.46. The molecule has 100 valence electrons. The van der Waals surface area contributed by atoms with Crippen LogP contribution in [0.1, 0.15) is 31.2 Å². The highest BCUT2D eigenvalue weighted by Crippen LogP contribution is 2.18. The molecule has 0 spiro atoms. The summed E-state index contributed by atoms with van der Waals surface area (Å²) in [5, 5.41) is 6.24. The van der Waals surface area contributed by atoms with Crippen LogP contribution >= 0.6 is 0 Å². The van der Waals surface area contributed by atoms with Gasteiger partial charge in [-0.1, -0.05) is 55.0 Å². The lowest BCUT2D eigenvalue weighted by molar-refractivity contribution is 0.607. The van der Waals surface area contributed by atoms with E-state index in [9.17, 15) is 0 Å². The standard InChI is InChI=1S/C18H23N/c1-2-3-4-5-8-14-19-15-17-12-9-11-16-10-6-7-13-18(16)17/h2,6-7,9-13,19H,1,3-5,8,14-15H2. The molecule has 0 heterocycles. The Hall–Kier alpha value is -1.60. The van der Waals surface area contributed by atoms with Crippen LogP contribution < -0.4 is 5.32 Å².